The number of amides is 2. The molecule has 0 radical (unpaired) electrons. The summed E-state index contributed by atoms with van der Waals surface area (Å²) >= 11 is 26.8. The summed E-state index contributed by atoms with van der Waals surface area (Å²) in [5, 5.41) is 0.845. The summed E-state index contributed by atoms with van der Waals surface area (Å²) < 4.78 is 5.33. The standard InChI is InChI=1S/C31H25Cl4NO4/c32-23-14-13-18(16-24(23)33)17-40-25(37)12-2-1-7-15-36-28(38)26-27(29(36)39)31(35)20-9-4-3-8-19(20)30(26,34)21-10-5-6-11-22(21)31/h3-6,8-11,13-14,16,26-27H,1-2,7,12,15,17H2/t26-,27-,30?,31?/m0/s1. The van der Waals surface area contributed by atoms with E-state index in [1.165, 1.54) is 4.90 Å². The number of carbonyl (C=O) groups is 3. The molecule has 9 heteroatoms. The van der Waals surface area contributed by atoms with Crippen molar-refractivity contribution in [3.8, 4) is 0 Å². The molecule has 2 bridgehead atoms. The Morgan fingerprint density at radius 2 is 1.27 bits per heavy atom. The maximum absolute atomic E-state index is 13.8. The van der Waals surface area contributed by atoms with E-state index in [1.54, 1.807) is 18.2 Å². The first-order valence-corrected chi connectivity index (χ1v) is 14.7. The van der Waals surface area contributed by atoms with Crippen LogP contribution in [0.3, 0.4) is 0 Å². The normalized spacial score (nSPS) is 25.9. The molecular formula is C31H25Cl4NO4. The number of unbranched alkanes of at least 4 members (excludes halogenated alkanes) is 2. The van der Waals surface area contributed by atoms with Crippen LogP contribution in [-0.2, 0) is 35.5 Å². The Bertz CT molecular complexity index is 1420. The van der Waals surface area contributed by atoms with Crippen LogP contribution in [0.4, 0.5) is 0 Å². The molecule has 0 spiro atoms. The van der Waals surface area contributed by atoms with Gasteiger partial charge in [-0.25, -0.2) is 0 Å². The van der Waals surface area contributed by atoms with Gasteiger partial charge in [0.1, 0.15) is 16.4 Å². The van der Waals surface area contributed by atoms with Gasteiger partial charge in [-0.2, -0.15) is 0 Å². The van der Waals surface area contributed by atoms with Gasteiger partial charge in [-0.1, -0.05) is 84.2 Å². The number of carbonyl (C=O) groups excluding carboxylic acids is 3. The first-order chi connectivity index (χ1) is 19.2. The van der Waals surface area contributed by atoms with Gasteiger partial charge in [-0.15, -0.1) is 23.2 Å². The third kappa shape index (κ3) is 4.08. The number of esters is 1. The van der Waals surface area contributed by atoms with Crippen molar-refractivity contribution in [3.05, 3.63) is 105 Å². The Hall–Kier alpha value is -2.57. The average molecular weight is 617 g/mol. The first-order valence-electron chi connectivity index (χ1n) is 13.2. The van der Waals surface area contributed by atoms with Gasteiger partial charge < -0.3 is 4.74 Å². The van der Waals surface area contributed by atoms with Crippen molar-refractivity contribution in [2.24, 2.45) is 11.8 Å². The zero-order valence-corrected chi connectivity index (χ0v) is 24.4. The fourth-order valence-electron chi connectivity index (χ4n) is 6.53. The van der Waals surface area contributed by atoms with Crippen molar-refractivity contribution in [2.75, 3.05) is 6.54 Å². The van der Waals surface area contributed by atoms with E-state index in [1.807, 2.05) is 48.5 Å². The summed E-state index contributed by atoms with van der Waals surface area (Å²) in [6.45, 7) is 0.357. The summed E-state index contributed by atoms with van der Waals surface area (Å²) in [4.78, 5) is 38.8. The third-order valence-corrected chi connectivity index (χ3v) is 10.3. The molecule has 3 aromatic carbocycles. The Balaban J connectivity index is 1.11. The molecule has 0 aromatic heterocycles. The van der Waals surface area contributed by atoms with Crippen molar-refractivity contribution in [3.63, 3.8) is 0 Å². The average Bonchev–Trinajstić information content (AvgIpc) is 3.22. The summed E-state index contributed by atoms with van der Waals surface area (Å²) in [7, 11) is 0. The third-order valence-electron chi connectivity index (χ3n) is 8.32. The summed E-state index contributed by atoms with van der Waals surface area (Å²) in [6, 6.07) is 20.3. The van der Waals surface area contributed by atoms with Gasteiger partial charge in [-0.05, 0) is 52.8 Å². The van der Waals surface area contributed by atoms with Gasteiger partial charge >= 0.3 is 5.97 Å². The minimum absolute atomic E-state index is 0.112. The van der Waals surface area contributed by atoms with Gasteiger partial charge in [0, 0.05) is 13.0 Å². The SMILES string of the molecule is O=C(CCCCCN1C(=O)[C@@H]2[C@@H](C1=O)C1(Cl)c3ccccc3C2(Cl)c2ccccc21)OCc1ccc(Cl)c(Cl)c1. The van der Waals surface area contributed by atoms with Gasteiger partial charge in [0.15, 0.2) is 0 Å². The molecule has 40 heavy (non-hydrogen) atoms. The highest BCUT2D eigenvalue weighted by atomic mass is 35.5. The number of hydrogen-bond donors (Lipinski definition) is 0. The Kier molecular flexibility index (Phi) is 7.15. The molecule has 4 aliphatic rings. The molecule has 1 aliphatic heterocycles. The van der Waals surface area contributed by atoms with E-state index in [0.717, 1.165) is 27.8 Å². The molecular weight excluding hydrogens is 592 g/mol. The van der Waals surface area contributed by atoms with Crippen LogP contribution in [0.2, 0.25) is 10.0 Å². The molecule has 2 atom stereocenters. The van der Waals surface area contributed by atoms with Gasteiger partial charge in [-0.3, -0.25) is 19.3 Å². The number of alkyl halides is 2. The molecule has 1 saturated heterocycles. The number of imide groups is 1. The minimum Gasteiger partial charge on any atom is -0.461 e. The molecule has 7 rings (SSSR count). The van der Waals surface area contributed by atoms with E-state index in [4.69, 9.17) is 51.1 Å². The maximum Gasteiger partial charge on any atom is 0.306 e. The Labute approximate surface area is 252 Å². The lowest BCUT2D eigenvalue weighted by Gasteiger charge is -2.54. The smallest absolute Gasteiger partial charge is 0.306 e. The topological polar surface area (TPSA) is 63.7 Å². The summed E-state index contributed by atoms with van der Waals surface area (Å²) in [5.74, 6) is -2.49. The Morgan fingerprint density at radius 3 is 1.77 bits per heavy atom. The highest BCUT2D eigenvalue weighted by Gasteiger charge is 2.72. The van der Waals surface area contributed by atoms with E-state index in [9.17, 15) is 14.4 Å². The quantitative estimate of drug-likeness (QED) is 0.116. The number of benzene rings is 3. The number of rotatable bonds is 8. The van der Waals surface area contributed by atoms with Gasteiger partial charge in [0.05, 0.1) is 21.9 Å². The van der Waals surface area contributed by atoms with Crippen LogP contribution >= 0.6 is 46.4 Å². The van der Waals surface area contributed by atoms with Crippen LogP contribution < -0.4 is 0 Å². The molecule has 0 unspecified atom stereocenters. The van der Waals surface area contributed by atoms with Crippen LogP contribution in [0.25, 0.3) is 0 Å². The van der Waals surface area contributed by atoms with Gasteiger partial charge in [0.25, 0.3) is 0 Å². The van der Waals surface area contributed by atoms with Crippen molar-refractivity contribution in [1.29, 1.82) is 0 Å². The molecule has 1 fully saturated rings. The second kappa shape index (κ2) is 10.4. The molecule has 0 N–H and O–H groups in total. The lowest BCUT2D eigenvalue weighted by Crippen LogP contribution is -2.57. The van der Waals surface area contributed by atoms with E-state index in [0.29, 0.717) is 29.3 Å². The van der Waals surface area contributed by atoms with Crippen molar-refractivity contribution in [1.82, 2.24) is 4.90 Å². The zero-order valence-electron chi connectivity index (χ0n) is 21.3. The van der Waals surface area contributed by atoms with E-state index in [2.05, 4.69) is 0 Å². The van der Waals surface area contributed by atoms with Crippen molar-refractivity contribution < 1.29 is 19.1 Å². The van der Waals surface area contributed by atoms with Crippen LogP contribution in [0, 0.1) is 11.8 Å². The minimum atomic E-state index is -1.17. The van der Waals surface area contributed by atoms with Crippen LogP contribution in [0.5, 0.6) is 0 Å². The molecule has 5 nitrogen and oxygen atoms in total. The van der Waals surface area contributed by atoms with Gasteiger partial charge in [0.2, 0.25) is 11.8 Å². The first kappa shape index (κ1) is 27.6. The van der Waals surface area contributed by atoms with E-state index < -0.39 is 21.6 Å². The monoisotopic (exact) mass is 615 g/mol. The number of halogens is 4. The fourth-order valence-corrected chi connectivity index (χ4v) is 7.95. The van der Waals surface area contributed by atoms with Crippen LogP contribution in [0.15, 0.2) is 66.7 Å². The predicted octanol–water partition coefficient (Wildman–Crippen LogP) is 7.19. The lowest BCUT2D eigenvalue weighted by molar-refractivity contribution is -0.145. The molecule has 2 amide bonds. The van der Waals surface area contributed by atoms with E-state index >= 15 is 0 Å². The molecule has 0 saturated carbocycles. The molecule has 206 valence electrons. The summed E-state index contributed by atoms with van der Waals surface area (Å²) in [5.41, 5.74) is 3.90. The lowest BCUT2D eigenvalue weighted by atomic mass is 9.54. The van der Waals surface area contributed by atoms with Crippen LogP contribution in [-0.4, -0.2) is 29.2 Å². The highest BCUT2D eigenvalue weighted by molar-refractivity contribution is 6.42. The molecule has 1 heterocycles. The molecule has 3 aliphatic carbocycles. The van der Waals surface area contributed by atoms with Crippen molar-refractivity contribution in [2.45, 2.75) is 42.0 Å². The number of likely N-dealkylation sites (tertiary alicyclic amines) is 1. The number of hydrogen-bond acceptors (Lipinski definition) is 4. The van der Waals surface area contributed by atoms with Crippen LogP contribution in [0.1, 0.15) is 53.5 Å². The second-order valence-electron chi connectivity index (χ2n) is 10.5. The largest absolute Gasteiger partial charge is 0.461 e. The van der Waals surface area contributed by atoms with E-state index in [-0.39, 0.29) is 37.4 Å². The zero-order chi connectivity index (χ0) is 28.2. The highest BCUT2D eigenvalue weighted by Crippen LogP contribution is 2.69. The fraction of sp³-hybridized carbons (Fsp3) is 0.323. The molecule has 3 aromatic rings. The number of ether oxygens (including phenoxy) is 1. The Morgan fingerprint density at radius 1 is 0.750 bits per heavy atom. The maximum atomic E-state index is 13.8. The second-order valence-corrected chi connectivity index (χ2v) is 12.5. The number of nitrogens with zero attached hydrogens (tertiary/aromatic N) is 1. The predicted molar refractivity (Wildman–Crippen MR) is 155 cm³/mol. The van der Waals surface area contributed by atoms with Crippen molar-refractivity contribution >= 4 is 64.2 Å². The summed E-state index contributed by atoms with van der Waals surface area (Å²) in [6.07, 6.45) is 2.00.